The Bertz CT molecular complexity index is 1210. The summed E-state index contributed by atoms with van der Waals surface area (Å²) in [6.07, 6.45) is 4.07. The van der Waals surface area contributed by atoms with Crippen molar-refractivity contribution in [2.75, 3.05) is 18.4 Å². The number of hydrogen-bond donors (Lipinski definition) is 1. The predicted molar refractivity (Wildman–Crippen MR) is 120 cm³/mol. The van der Waals surface area contributed by atoms with Gasteiger partial charge in [-0.2, -0.15) is 5.10 Å². The molecule has 0 aliphatic carbocycles. The van der Waals surface area contributed by atoms with Gasteiger partial charge in [0.15, 0.2) is 11.6 Å². The lowest BCUT2D eigenvalue weighted by Gasteiger charge is -2.32. The topological polar surface area (TPSA) is 80.1 Å². The Labute approximate surface area is 193 Å². The van der Waals surface area contributed by atoms with E-state index >= 15 is 0 Å². The lowest BCUT2D eigenvalue weighted by atomic mass is 10.0. The number of amides is 2. The fourth-order valence-electron chi connectivity index (χ4n) is 3.50. The second-order valence-corrected chi connectivity index (χ2v) is 8.61. The number of halogens is 2. The summed E-state index contributed by atoms with van der Waals surface area (Å²) in [7, 11) is 0. The van der Waals surface area contributed by atoms with Crippen molar-refractivity contribution in [2.24, 2.45) is 0 Å². The minimum absolute atomic E-state index is 0.0185. The van der Waals surface area contributed by atoms with Gasteiger partial charge in [-0.15, -0.1) is 11.3 Å². The quantitative estimate of drug-likeness (QED) is 0.586. The van der Waals surface area contributed by atoms with Gasteiger partial charge in [-0.25, -0.2) is 9.37 Å². The van der Waals surface area contributed by atoms with Crippen LogP contribution in [0.2, 0.25) is 5.02 Å². The summed E-state index contributed by atoms with van der Waals surface area (Å²) < 4.78 is 16.1. The Hall–Kier alpha value is -3.22. The van der Waals surface area contributed by atoms with Crippen LogP contribution < -0.4 is 5.32 Å². The Morgan fingerprint density at radius 3 is 2.72 bits per heavy atom. The number of aromatic nitrogens is 3. The molecule has 0 spiro atoms. The van der Waals surface area contributed by atoms with Crippen molar-refractivity contribution < 1.29 is 14.0 Å². The number of likely N-dealkylation sites (tertiary alicyclic amines) is 1. The van der Waals surface area contributed by atoms with Crippen molar-refractivity contribution in [3.63, 3.8) is 0 Å². The molecule has 32 heavy (non-hydrogen) atoms. The number of carbonyl (C=O) groups is 2. The van der Waals surface area contributed by atoms with Gasteiger partial charge in [-0.05, 0) is 30.4 Å². The van der Waals surface area contributed by atoms with Crippen LogP contribution in [0.15, 0.2) is 36.0 Å². The van der Waals surface area contributed by atoms with Gasteiger partial charge in [-0.1, -0.05) is 29.5 Å². The van der Waals surface area contributed by atoms with Crippen LogP contribution in [0, 0.1) is 17.7 Å². The van der Waals surface area contributed by atoms with Crippen LogP contribution in [0.3, 0.4) is 0 Å². The Morgan fingerprint density at radius 1 is 1.28 bits per heavy atom. The first kappa shape index (κ1) is 22.0. The lowest BCUT2D eigenvalue weighted by molar-refractivity contribution is -0.130. The second kappa shape index (κ2) is 9.51. The molecular weight excluding hydrogens is 453 g/mol. The summed E-state index contributed by atoms with van der Waals surface area (Å²) in [5.41, 5.74) is 0.532. The van der Waals surface area contributed by atoms with E-state index < -0.39 is 11.7 Å². The SMILES string of the molecule is CC(=O)N1CCC(n2ncc(Cl)c2C(=O)Nc2ncc(C#Cc3cccs3)cc2F)CC1. The molecule has 0 aromatic carbocycles. The van der Waals surface area contributed by atoms with Gasteiger partial charge in [-0.3, -0.25) is 14.3 Å². The maximum atomic E-state index is 14.6. The van der Waals surface area contributed by atoms with Gasteiger partial charge >= 0.3 is 0 Å². The van der Waals surface area contributed by atoms with Gasteiger partial charge in [0.1, 0.15) is 5.69 Å². The molecule has 10 heteroatoms. The summed E-state index contributed by atoms with van der Waals surface area (Å²) in [5.74, 6) is 4.28. The number of nitrogens with zero attached hydrogens (tertiary/aromatic N) is 4. The number of carbonyl (C=O) groups excluding carboxylic acids is 2. The molecule has 4 heterocycles. The summed E-state index contributed by atoms with van der Waals surface area (Å²) in [4.78, 5) is 31.1. The second-order valence-electron chi connectivity index (χ2n) is 7.26. The standard InChI is InChI=1S/C22H19ClFN5O2S/c1-14(30)28-8-6-16(7-9-28)29-20(18(23)13-26-29)22(31)27-21-19(24)11-15(12-25-21)4-5-17-3-2-10-32-17/h2-3,10-13,16H,6-9H2,1H3,(H,25,27,31). The highest BCUT2D eigenvalue weighted by molar-refractivity contribution is 7.10. The zero-order valence-corrected chi connectivity index (χ0v) is 18.7. The summed E-state index contributed by atoms with van der Waals surface area (Å²) in [6.45, 7) is 2.68. The molecular formula is C22H19ClFN5O2S. The van der Waals surface area contributed by atoms with Crippen LogP contribution in [0.5, 0.6) is 0 Å². The summed E-state index contributed by atoms with van der Waals surface area (Å²) >= 11 is 7.71. The third-order valence-corrected chi connectivity index (χ3v) is 6.21. The van der Waals surface area contributed by atoms with E-state index in [1.54, 1.807) is 9.58 Å². The van der Waals surface area contributed by atoms with Gasteiger partial charge in [0.05, 0.1) is 22.1 Å². The van der Waals surface area contributed by atoms with E-state index in [2.05, 4.69) is 27.2 Å². The molecule has 0 saturated carbocycles. The zero-order chi connectivity index (χ0) is 22.7. The van der Waals surface area contributed by atoms with Crippen molar-refractivity contribution in [1.29, 1.82) is 0 Å². The summed E-state index contributed by atoms with van der Waals surface area (Å²) in [5, 5.41) is 8.79. The number of hydrogen-bond acceptors (Lipinski definition) is 5. The first-order valence-electron chi connectivity index (χ1n) is 9.93. The van der Waals surface area contributed by atoms with Crippen LogP contribution in [-0.2, 0) is 4.79 Å². The molecule has 2 amide bonds. The number of thiophene rings is 1. The molecule has 3 aromatic heterocycles. The van der Waals surface area contributed by atoms with Crippen molar-refractivity contribution in [1.82, 2.24) is 19.7 Å². The average molecular weight is 472 g/mol. The molecule has 7 nitrogen and oxygen atoms in total. The van der Waals surface area contributed by atoms with Crippen molar-refractivity contribution in [3.8, 4) is 11.8 Å². The molecule has 1 aliphatic rings. The normalized spacial score (nSPS) is 14.0. The Balaban J connectivity index is 1.49. The molecule has 0 bridgehead atoms. The highest BCUT2D eigenvalue weighted by Crippen LogP contribution is 2.27. The van der Waals surface area contributed by atoms with Gasteiger partial charge in [0, 0.05) is 31.8 Å². The van der Waals surface area contributed by atoms with Crippen LogP contribution in [0.25, 0.3) is 0 Å². The van der Waals surface area contributed by atoms with E-state index in [4.69, 9.17) is 11.6 Å². The predicted octanol–water partition coefficient (Wildman–Crippen LogP) is 3.97. The van der Waals surface area contributed by atoms with E-state index in [0.717, 1.165) is 4.88 Å². The molecule has 1 aliphatic heterocycles. The number of rotatable bonds is 3. The molecule has 1 fully saturated rings. The van der Waals surface area contributed by atoms with Crippen molar-refractivity contribution >= 4 is 40.6 Å². The smallest absolute Gasteiger partial charge is 0.276 e. The zero-order valence-electron chi connectivity index (χ0n) is 17.1. The number of pyridine rings is 1. The third kappa shape index (κ3) is 4.82. The Morgan fingerprint density at radius 2 is 2.06 bits per heavy atom. The van der Waals surface area contributed by atoms with Crippen molar-refractivity contribution in [3.05, 3.63) is 62.9 Å². The van der Waals surface area contributed by atoms with Gasteiger partial charge in [0.2, 0.25) is 5.91 Å². The monoisotopic (exact) mass is 471 g/mol. The van der Waals surface area contributed by atoms with E-state index in [0.29, 0.717) is 31.5 Å². The first-order chi connectivity index (χ1) is 15.4. The largest absolute Gasteiger partial charge is 0.343 e. The highest BCUT2D eigenvalue weighted by Gasteiger charge is 2.28. The molecule has 4 rings (SSSR count). The molecule has 1 N–H and O–H groups in total. The maximum Gasteiger partial charge on any atom is 0.276 e. The average Bonchev–Trinajstić information content (AvgIpc) is 3.43. The molecule has 3 aromatic rings. The number of piperidine rings is 1. The lowest BCUT2D eigenvalue weighted by Crippen LogP contribution is -2.38. The maximum absolute atomic E-state index is 14.6. The fraction of sp³-hybridized carbons (Fsp3) is 0.273. The van der Waals surface area contributed by atoms with Crippen molar-refractivity contribution in [2.45, 2.75) is 25.8 Å². The molecule has 0 atom stereocenters. The summed E-state index contributed by atoms with van der Waals surface area (Å²) in [6, 6.07) is 4.88. The fourth-order valence-corrected chi connectivity index (χ4v) is 4.29. The van der Waals surface area contributed by atoms with Gasteiger partial charge in [0.25, 0.3) is 5.91 Å². The van der Waals surface area contributed by atoms with E-state index in [1.807, 2.05) is 17.5 Å². The van der Waals surface area contributed by atoms with Crippen LogP contribution in [-0.4, -0.2) is 44.6 Å². The third-order valence-electron chi connectivity index (χ3n) is 5.15. The highest BCUT2D eigenvalue weighted by atomic mass is 35.5. The number of anilines is 1. The van der Waals surface area contributed by atoms with Crippen LogP contribution >= 0.6 is 22.9 Å². The van der Waals surface area contributed by atoms with Crippen LogP contribution in [0.1, 0.15) is 46.7 Å². The van der Waals surface area contributed by atoms with Gasteiger partial charge < -0.3 is 10.2 Å². The van der Waals surface area contributed by atoms with E-state index in [-0.39, 0.29) is 28.5 Å². The minimum Gasteiger partial charge on any atom is -0.343 e. The number of nitrogens with one attached hydrogen (secondary N) is 1. The van der Waals surface area contributed by atoms with Crippen LogP contribution in [0.4, 0.5) is 10.2 Å². The first-order valence-corrected chi connectivity index (χ1v) is 11.2. The molecule has 0 radical (unpaired) electrons. The van der Waals surface area contributed by atoms with E-state index in [9.17, 15) is 14.0 Å². The minimum atomic E-state index is -0.701. The van der Waals surface area contributed by atoms with E-state index in [1.165, 1.54) is 36.7 Å². The Kier molecular flexibility index (Phi) is 6.53. The molecule has 0 unspecified atom stereocenters. The molecule has 1 saturated heterocycles. The molecule has 164 valence electrons.